The molecule has 2 aromatic heterocycles. The molecule has 2 aromatic rings. The van der Waals surface area contributed by atoms with Crippen LogP contribution in [0.1, 0.15) is 16.1 Å². The lowest BCUT2D eigenvalue weighted by Gasteiger charge is -2.03. The van der Waals surface area contributed by atoms with Crippen LogP contribution >= 0.6 is 10.7 Å². The van der Waals surface area contributed by atoms with Crippen molar-refractivity contribution in [2.75, 3.05) is 0 Å². The second-order valence-electron chi connectivity index (χ2n) is 3.95. The highest BCUT2D eigenvalue weighted by molar-refractivity contribution is 8.13. The number of nitrogens with zero attached hydrogens (tertiary/aromatic N) is 2. The summed E-state index contributed by atoms with van der Waals surface area (Å²) in [5.74, 6) is -0.246. The van der Waals surface area contributed by atoms with Gasteiger partial charge in [-0.3, -0.25) is 4.79 Å². The van der Waals surface area contributed by atoms with Crippen molar-refractivity contribution in [1.82, 2.24) is 9.13 Å². The Kier molecular flexibility index (Phi) is 3.08. The van der Waals surface area contributed by atoms with E-state index in [1.807, 2.05) is 0 Å². The Hall–Kier alpha value is -1.53. The van der Waals surface area contributed by atoms with Gasteiger partial charge in [0.15, 0.2) is 5.03 Å². The van der Waals surface area contributed by atoms with E-state index in [0.717, 1.165) is 0 Å². The zero-order valence-corrected chi connectivity index (χ0v) is 11.4. The molecule has 0 spiro atoms. The van der Waals surface area contributed by atoms with Gasteiger partial charge in [0, 0.05) is 42.7 Å². The molecule has 0 amide bonds. The maximum absolute atomic E-state index is 12.1. The zero-order chi connectivity index (χ0) is 13.5. The molecule has 0 unspecified atom stereocenters. The van der Waals surface area contributed by atoms with Crippen LogP contribution in [-0.4, -0.2) is 23.3 Å². The maximum atomic E-state index is 12.1. The van der Waals surface area contributed by atoms with Crippen molar-refractivity contribution < 1.29 is 13.2 Å². The number of hydrogen-bond acceptors (Lipinski definition) is 3. The molecule has 0 atom stereocenters. The van der Waals surface area contributed by atoms with Gasteiger partial charge in [-0.15, -0.1) is 0 Å². The summed E-state index contributed by atoms with van der Waals surface area (Å²) in [5.41, 5.74) is 0.776. The number of ketones is 1. The summed E-state index contributed by atoms with van der Waals surface area (Å²) >= 11 is 0. The van der Waals surface area contributed by atoms with Crippen LogP contribution in [0.3, 0.4) is 0 Å². The van der Waals surface area contributed by atoms with Gasteiger partial charge >= 0.3 is 0 Å². The lowest BCUT2D eigenvalue weighted by atomic mass is 10.2. The zero-order valence-electron chi connectivity index (χ0n) is 9.79. The van der Waals surface area contributed by atoms with Crippen molar-refractivity contribution in [3.05, 3.63) is 41.9 Å². The quantitative estimate of drug-likeness (QED) is 0.635. The normalized spacial score (nSPS) is 11.7. The number of carbonyl (C=O) groups excluding carboxylic acids is 1. The summed E-state index contributed by atoms with van der Waals surface area (Å²) in [7, 11) is 4.72. The van der Waals surface area contributed by atoms with Crippen LogP contribution in [0.5, 0.6) is 0 Å². The van der Waals surface area contributed by atoms with Crippen molar-refractivity contribution in [3.63, 3.8) is 0 Å². The van der Waals surface area contributed by atoms with E-state index in [9.17, 15) is 13.2 Å². The molecule has 0 fully saturated rings. The lowest BCUT2D eigenvalue weighted by Crippen LogP contribution is -2.09. The third kappa shape index (κ3) is 2.21. The molecule has 0 saturated heterocycles. The van der Waals surface area contributed by atoms with E-state index in [4.69, 9.17) is 10.7 Å². The van der Waals surface area contributed by atoms with Crippen molar-refractivity contribution in [3.8, 4) is 0 Å². The monoisotopic (exact) mass is 286 g/mol. The summed E-state index contributed by atoms with van der Waals surface area (Å²) in [4.78, 5) is 12.1. The van der Waals surface area contributed by atoms with Gasteiger partial charge in [-0.2, -0.15) is 0 Å². The molecule has 7 heteroatoms. The number of halogens is 1. The Labute approximate surface area is 109 Å². The average molecular weight is 287 g/mol. The summed E-state index contributed by atoms with van der Waals surface area (Å²) in [5, 5.41) is -0.0940. The number of carbonyl (C=O) groups is 1. The van der Waals surface area contributed by atoms with Crippen LogP contribution in [0.4, 0.5) is 0 Å². The second kappa shape index (κ2) is 4.29. The van der Waals surface area contributed by atoms with E-state index in [2.05, 4.69) is 0 Å². The predicted molar refractivity (Wildman–Crippen MR) is 67.3 cm³/mol. The van der Waals surface area contributed by atoms with Crippen molar-refractivity contribution in [2.24, 2.45) is 14.1 Å². The van der Waals surface area contributed by atoms with E-state index in [1.165, 1.54) is 23.7 Å². The highest BCUT2D eigenvalue weighted by Crippen LogP contribution is 2.19. The fourth-order valence-electron chi connectivity index (χ4n) is 1.75. The number of rotatable bonds is 3. The van der Waals surface area contributed by atoms with Crippen LogP contribution in [-0.2, 0) is 23.1 Å². The first kappa shape index (κ1) is 12.9. The Bertz CT molecular complexity index is 712. The largest absolute Gasteiger partial charge is 0.356 e. The molecule has 0 aliphatic carbocycles. The van der Waals surface area contributed by atoms with Crippen LogP contribution in [0.25, 0.3) is 0 Å². The van der Waals surface area contributed by atoms with Crippen LogP contribution in [0.15, 0.2) is 35.6 Å². The van der Waals surface area contributed by atoms with Crippen molar-refractivity contribution in [1.29, 1.82) is 0 Å². The first-order chi connectivity index (χ1) is 8.30. The van der Waals surface area contributed by atoms with Gasteiger partial charge in [-0.1, -0.05) is 0 Å². The van der Waals surface area contributed by atoms with Gasteiger partial charge in [0.25, 0.3) is 9.05 Å². The molecule has 2 heterocycles. The fraction of sp³-hybridized carbons (Fsp3) is 0.182. The highest BCUT2D eigenvalue weighted by atomic mass is 35.7. The molecule has 0 aliphatic heterocycles. The maximum Gasteiger partial charge on any atom is 0.276 e. The summed E-state index contributed by atoms with van der Waals surface area (Å²) < 4.78 is 25.5. The molecule has 96 valence electrons. The lowest BCUT2D eigenvalue weighted by molar-refractivity contribution is 0.103. The first-order valence-corrected chi connectivity index (χ1v) is 7.38. The fourth-order valence-corrected chi connectivity index (χ4v) is 2.87. The summed E-state index contributed by atoms with van der Waals surface area (Å²) in [6, 6.07) is 4.44. The van der Waals surface area contributed by atoms with Gasteiger partial charge in [0.2, 0.25) is 5.78 Å². The molecule has 5 nitrogen and oxygen atoms in total. The highest BCUT2D eigenvalue weighted by Gasteiger charge is 2.21. The van der Waals surface area contributed by atoms with Gasteiger partial charge in [-0.05, 0) is 18.2 Å². The molecule has 2 rings (SSSR count). The molecule has 0 aromatic carbocycles. The van der Waals surface area contributed by atoms with Gasteiger partial charge in [0.1, 0.15) is 0 Å². The number of hydrogen-bond donors (Lipinski definition) is 0. The SMILES string of the molecule is Cn1ccc(C(=O)c2ccc(S(=O)(=O)Cl)n2C)c1. The molecule has 0 bridgehead atoms. The Morgan fingerprint density at radius 3 is 2.33 bits per heavy atom. The Morgan fingerprint density at radius 1 is 1.22 bits per heavy atom. The molecule has 0 N–H and O–H groups in total. The molecule has 0 radical (unpaired) electrons. The van der Waals surface area contributed by atoms with E-state index >= 15 is 0 Å². The molecular weight excluding hydrogens is 276 g/mol. The average Bonchev–Trinajstić information content (AvgIpc) is 2.82. The van der Waals surface area contributed by atoms with Crippen LogP contribution in [0, 0.1) is 0 Å². The summed E-state index contributed by atoms with van der Waals surface area (Å²) in [6.07, 6.45) is 3.42. The van der Waals surface area contributed by atoms with Crippen LogP contribution < -0.4 is 0 Å². The predicted octanol–water partition coefficient (Wildman–Crippen LogP) is 1.52. The number of aryl methyl sites for hydroxylation is 1. The molecule has 0 saturated carbocycles. The van der Waals surface area contributed by atoms with E-state index < -0.39 is 9.05 Å². The third-order valence-electron chi connectivity index (χ3n) is 2.65. The van der Waals surface area contributed by atoms with Gasteiger partial charge < -0.3 is 9.13 Å². The van der Waals surface area contributed by atoms with Crippen LogP contribution in [0.2, 0.25) is 0 Å². The van der Waals surface area contributed by atoms with Crippen molar-refractivity contribution >= 4 is 25.5 Å². The molecule has 18 heavy (non-hydrogen) atoms. The third-order valence-corrected chi connectivity index (χ3v) is 4.04. The van der Waals surface area contributed by atoms with Crippen molar-refractivity contribution in [2.45, 2.75) is 5.03 Å². The standard InChI is InChI=1S/C11H11ClN2O3S/c1-13-6-5-8(7-13)11(15)9-3-4-10(14(9)2)18(12,16)17/h3-7H,1-2H3. The molecular formula is C11H11ClN2O3S. The van der Waals surface area contributed by atoms with Gasteiger partial charge in [-0.25, -0.2) is 8.42 Å². The minimum atomic E-state index is -3.85. The topological polar surface area (TPSA) is 61.1 Å². The summed E-state index contributed by atoms with van der Waals surface area (Å²) in [6.45, 7) is 0. The van der Waals surface area contributed by atoms with Gasteiger partial charge in [0.05, 0.1) is 5.69 Å². The minimum Gasteiger partial charge on any atom is -0.356 e. The van der Waals surface area contributed by atoms with E-state index in [1.54, 1.807) is 30.1 Å². The molecule has 0 aliphatic rings. The Balaban J connectivity index is 2.48. The Morgan fingerprint density at radius 2 is 1.89 bits per heavy atom. The number of aromatic nitrogens is 2. The second-order valence-corrected chi connectivity index (χ2v) is 6.46. The minimum absolute atomic E-state index is 0.0940. The van der Waals surface area contributed by atoms with E-state index in [-0.39, 0.29) is 16.5 Å². The van der Waals surface area contributed by atoms with E-state index in [0.29, 0.717) is 5.56 Å². The first-order valence-electron chi connectivity index (χ1n) is 5.08. The smallest absolute Gasteiger partial charge is 0.276 e.